The van der Waals surface area contributed by atoms with Crippen molar-refractivity contribution in [3.8, 4) is 17.2 Å². The van der Waals surface area contributed by atoms with E-state index in [1.807, 2.05) is 13.0 Å². The van der Waals surface area contributed by atoms with Gasteiger partial charge in [-0.05, 0) is 48.9 Å². The van der Waals surface area contributed by atoms with Gasteiger partial charge in [-0.2, -0.15) is 5.10 Å². The molecule has 6 heteroatoms. The van der Waals surface area contributed by atoms with E-state index in [1.54, 1.807) is 57.9 Å². The number of hydrogen-bond acceptors (Lipinski definition) is 5. The Labute approximate surface area is 141 Å². The van der Waals surface area contributed by atoms with E-state index in [0.29, 0.717) is 22.8 Å². The lowest BCUT2D eigenvalue weighted by Gasteiger charge is -2.10. The number of benzene rings is 2. The van der Waals surface area contributed by atoms with Crippen LogP contribution in [-0.2, 0) is 0 Å². The van der Waals surface area contributed by atoms with Crippen LogP contribution in [-0.4, -0.2) is 33.5 Å². The molecule has 24 heavy (non-hydrogen) atoms. The zero-order chi connectivity index (χ0) is 17.5. The summed E-state index contributed by atoms with van der Waals surface area (Å²) >= 11 is 0. The maximum atomic E-state index is 12.0. The number of carbonyl (C=O) groups excluding carboxylic acids is 1. The van der Waals surface area contributed by atoms with Crippen molar-refractivity contribution in [1.82, 2.24) is 5.43 Å². The summed E-state index contributed by atoms with van der Waals surface area (Å²) in [5, 5.41) is 4.00. The monoisotopic (exact) mass is 328 g/mol. The minimum atomic E-state index is -0.299. The van der Waals surface area contributed by atoms with E-state index in [2.05, 4.69) is 10.5 Å². The van der Waals surface area contributed by atoms with E-state index in [1.165, 1.54) is 0 Å². The molecule has 0 spiro atoms. The van der Waals surface area contributed by atoms with E-state index in [-0.39, 0.29) is 5.91 Å². The molecule has 0 heterocycles. The summed E-state index contributed by atoms with van der Waals surface area (Å²) in [7, 11) is 4.73. The molecule has 0 atom stereocenters. The predicted octanol–water partition coefficient (Wildman–Crippen LogP) is 2.78. The van der Waals surface area contributed by atoms with Gasteiger partial charge in [0.15, 0.2) is 11.5 Å². The topological polar surface area (TPSA) is 69.2 Å². The number of rotatable bonds is 6. The molecule has 0 bridgehead atoms. The summed E-state index contributed by atoms with van der Waals surface area (Å²) in [5.41, 5.74) is 4.77. The molecule has 0 radical (unpaired) electrons. The number of carbonyl (C=O) groups is 1. The smallest absolute Gasteiger partial charge is 0.271 e. The van der Waals surface area contributed by atoms with Crippen molar-refractivity contribution in [2.24, 2.45) is 5.10 Å². The minimum Gasteiger partial charge on any atom is -0.497 e. The van der Waals surface area contributed by atoms with Crippen LogP contribution in [0.5, 0.6) is 17.2 Å². The van der Waals surface area contributed by atoms with E-state index in [0.717, 1.165) is 11.1 Å². The maximum absolute atomic E-state index is 12.0. The lowest BCUT2D eigenvalue weighted by atomic mass is 10.1. The van der Waals surface area contributed by atoms with Crippen LogP contribution in [0.1, 0.15) is 21.5 Å². The number of hydrogen-bond donors (Lipinski definition) is 1. The average Bonchev–Trinajstić information content (AvgIpc) is 2.62. The Morgan fingerprint density at radius 3 is 2.21 bits per heavy atom. The summed E-state index contributed by atoms with van der Waals surface area (Å²) in [5.74, 6) is 1.64. The molecular weight excluding hydrogens is 308 g/mol. The van der Waals surface area contributed by atoms with Crippen molar-refractivity contribution < 1.29 is 19.0 Å². The normalized spacial score (nSPS) is 10.5. The number of amides is 1. The summed E-state index contributed by atoms with van der Waals surface area (Å²) in [6, 6.07) is 10.4. The van der Waals surface area contributed by atoms with Crippen LogP contribution in [0, 0.1) is 6.92 Å². The van der Waals surface area contributed by atoms with Gasteiger partial charge >= 0.3 is 0 Å². The van der Waals surface area contributed by atoms with Gasteiger partial charge in [-0.25, -0.2) is 5.43 Å². The van der Waals surface area contributed by atoms with Gasteiger partial charge in [0.05, 0.1) is 27.5 Å². The summed E-state index contributed by atoms with van der Waals surface area (Å²) in [4.78, 5) is 12.0. The molecule has 2 aromatic carbocycles. The fourth-order valence-electron chi connectivity index (χ4n) is 2.10. The second kappa shape index (κ2) is 8.01. The van der Waals surface area contributed by atoms with Crippen LogP contribution in [0.3, 0.4) is 0 Å². The third-order valence-electron chi connectivity index (χ3n) is 3.49. The minimum absolute atomic E-state index is 0.299. The van der Waals surface area contributed by atoms with Crippen molar-refractivity contribution in [3.05, 3.63) is 53.1 Å². The van der Waals surface area contributed by atoms with Crippen LogP contribution in [0.4, 0.5) is 0 Å². The van der Waals surface area contributed by atoms with Crippen LogP contribution >= 0.6 is 0 Å². The zero-order valence-electron chi connectivity index (χ0n) is 14.1. The lowest BCUT2D eigenvalue weighted by molar-refractivity contribution is 0.0955. The van der Waals surface area contributed by atoms with E-state index < -0.39 is 0 Å². The van der Waals surface area contributed by atoms with Crippen LogP contribution < -0.4 is 19.6 Å². The Balaban J connectivity index is 2.09. The number of nitrogens with zero attached hydrogens (tertiary/aromatic N) is 1. The Kier molecular flexibility index (Phi) is 5.78. The fraction of sp³-hybridized carbons (Fsp3) is 0.222. The van der Waals surface area contributed by atoms with Gasteiger partial charge in [-0.1, -0.05) is 0 Å². The van der Waals surface area contributed by atoms with Crippen LogP contribution in [0.2, 0.25) is 0 Å². The molecule has 0 saturated carbocycles. The van der Waals surface area contributed by atoms with Crippen molar-refractivity contribution in [2.45, 2.75) is 6.92 Å². The molecule has 2 aromatic rings. The Morgan fingerprint density at radius 2 is 1.62 bits per heavy atom. The van der Waals surface area contributed by atoms with E-state index in [9.17, 15) is 4.79 Å². The molecule has 6 nitrogen and oxygen atoms in total. The van der Waals surface area contributed by atoms with E-state index >= 15 is 0 Å². The average molecular weight is 328 g/mol. The van der Waals surface area contributed by atoms with Crippen LogP contribution in [0.25, 0.3) is 0 Å². The van der Waals surface area contributed by atoms with Crippen molar-refractivity contribution in [2.75, 3.05) is 21.3 Å². The first-order chi connectivity index (χ1) is 11.6. The summed E-state index contributed by atoms with van der Waals surface area (Å²) in [6.07, 6.45) is 1.57. The quantitative estimate of drug-likeness (QED) is 0.654. The molecule has 0 aliphatic heterocycles. The third kappa shape index (κ3) is 4.04. The third-order valence-corrected chi connectivity index (χ3v) is 3.49. The Bertz CT molecular complexity index is 739. The van der Waals surface area contributed by atoms with E-state index in [4.69, 9.17) is 14.2 Å². The highest BCUT2D eigenvalue weighted by Crippen LogP contribution is 2.29. The Morgan fingerprint density at radius 1 is 1.00 bits per heavy atom. The highest BCUT2D eigenvalue weighted by Gasteiger charge is 2.08. The largest absolute Gasteiger partial charge is 0.497 e. The number of ether oxygens (including phenoxy) is 3. The van der Waals surface area contributed by atoms with Crippen LogP contribution in [0.15, 0.2) is 41.5 Å². The maximum Gasteiger partial charge on any atom is 0.271 e. The first-order valence-corrected chi connectivity index (χ1v) is 7.29. The van der Waals surface area contributed by atoms with Gasteiger partial charge in [0.2, 0.25) is 0 Å². The number of nitrogens with one attached hydrogen (secondary N) is 1. The summed E-state index contributed by atoms with van der Waals surface area (Å²) in [6.45, 7) is 1.93. The molecule has 0 aromatic heterocycles. The highest BCUT2D eigenvalue weighted by molar-refractivity contribution is 5.95. The zero-order valence-corrected chi connectivity index (χ0v) is 14.1. The molecule has 1 N–H and O–H groups in total. The van der Waals surface area contributed by atoms with Crippen molar-refractivity contribution in [3.63, 3.8) is 0 Å². The first kappa shape index (κ1) is 17.3. The molecule has 0 aliphatic rings. The lowest BCUT2D eigenvalue weighted by Crippen LogP contribution is -2.17. The van der Waals surface area contributed by atoms with Gasteiger partial charge < -0.3 is 14.2 Å². The van der Waals surface area contributed by atoms with Gasteiger partial charge in [0.25, 0.3) is 5.91 Å². The SMILES string of the molecule is COc1ccc(C(=O)N/N=C\c2cc(OC)c(OC)cc2C)cc1. The first-order valence-electron chi connectivity index (χ1n) is 7.29. The second-order valence-corrected chi connectivity index (χ2v) is 4.99. The standard InChI is InChI=1S/C18H20N2O4/c1-12-9-16(23-3)17(24-4)10-14(12)11-19-20-18(21)13-5-7-15(22-2)8-6-13/h5-11H,1-4H3,(H,20,21)/b19-11-. The number of aryl methyl sites for hydroxylation is 1. The Hall–Kier alpha value is -3.02. The molecule has 0 aliphatic carbocycles. The highest BCUT2D eigenvalue weighted by atomic mass is 16.5. The molecular formula is C18H20N2O4. The molecule has 0 unspecified atom stereocenters. The van der Waals surface area contributed by atoms with Gasteiger partial charge in [0.1, 0.15) is 5.75 Å². The second-order valence-electron chi connectivity index (χ2n) is 4.99. The van der Waals surface area contributed by atoms with Gasteiger partial charge in [-0.3, -0.25) is 4.79 Å². The number of hydrazone groups is 1. The fourth-order valence-corrected chi connectivity index (χ4v) is 2.10. The molecule has 126 valence electrons. The van der Waals surface area contributed by atoms with Gasteiger partial charge in [-0.15, -0.1) is 0 Å². The predicted molar refractivity (Wildman–Crippen MR) is 92.3 cm³/mol. The summed E-state index contributed by atoms with van der Waals surface area (Å²) < 4.78 is 15.6. The van der Waals surface area contributed by atoms with Gasteiger partial charge in [0, 0.05) is 11.1 Å². The van der Waals surface area contributed by atoms with Crippen molar-refractivity contribution in [1.29, 1.82) is 0 Å². The van der Waals surface area contributed by atoms with Crippen molar-refractivity contribution >= 4 is 12.1 Å². The molecule has 0 fully saturated rings. The number of methoxy groups -OCH3 is 3. The molecule has 2 rings (SSSR count). The molecule has 1 amide bonds. The molecule has 0 saturated heterocycles.